The summed E-state index contributed by atoms with van der Waals surface area (Å²) < 4.78 is 0. The highest BCUT2D eigenvalue weighted by Crippen LogP contribution is 2.33. The molecule has 0 bridgehead atoms. The van der Waals surface area contributed by atoms with Crippen LogP contribution in [0.2, 0.25) is 0 Å². The Labute approximate surface area is 177 Å². The van der Waals surface area contributed by atoms with Gasteiger partial charge in [0.15, 0.2) is 5.78 Å². The van der Waals surface area contributed by atoms with Crippen molar-refractivity contribution < 1.29 is 9.59 Å². The molecule has 1 fully saturated rings. The van der Waals surface area contributed by atoms with Crippen LogP contribution in [0.5, 0.6) is 0 Å². The van der Waals surface area contributed by atoms with E-state index in [1.165, 1.54) is 34.0 Å². The molecule has 1 aliphatic heterocycles. The lowest BCUT2D eigenvalue weighted by Crippen LogP contribution is -2.38. The van der Waals surface area contributed by atoms with Crippen LogP contribution in [0.3, 0.4) is 0 Å². The number of carbonyl (C=O) groups excluding carboxylic acids is 2. The number of carbonyl (C=O) groups is 2. The third-order valence-electron chi connectivity index (χ3n) is 6.90. The molecule has 2 aromatic carbocycles. The van der Waals surface area contributed by atoms with Gasteiger partial charge in [0.1, 0.15) is 0 Å². The Morgan fingerprint density at radius 1 is 0.967 bits per heavy atom. The van der Waals surface area contributed by atoms with Crippen LogP contribution in [0.1, 0.15) is 65.1 Å². The third-order valence-corrected chi connectivity index (χ3v) is 6.90. The summed E-state index contributed by atoms with van der Waals surface area (Å²) in [5.74, 6) is 0.687. The molecule has 0 unspecified atom stereocenters. The quantitative estimate of drug-likeness (QED) is 0.611. The Morgan fingerprint density at radius 3 is 2.63 bits per heavy atom. The first kappa shape index (κ1) is 19.1. The summed E-state index contributed by atoms with van der Waals surface area (Å²) in [5.41, 5.74) is 5.99. The number of H-pyrrole nitrogens is 1. The Kier molecular flexibility index (Phi) is 5.16. The molecule has 0 radical (unpaired) electrons. The number of hydrogen-bond donors (Lipinski definition) is 1. The Morgan fingerprint density at radius 2 is 1.77 bits per heavy atom. The molecule has 1 amide bonds. The number of aromatic amines is 1. The van der Waals surface area contributed by atoms with Gasteiger partial charge in [0.2, 0.25) is 5.91 Å². The van der Waals surface area contributed by atoms with Crippen LogP contribution < -0.4 is 0 Å². The largest absolute Gasteiger partial charge is 0.361 e. The van der Waals surface area contributed by atoms with Gasteiger partial charge in [0.25, 0.3) is 0 Å². The normalized spacial score (nSPS) is 16.7. The lowest BCUT2D eigenvalue weighted by atomic mass is 9.89. The molecule has 4 heteroatoms. The number of Topliss-reactive ketones (excluding diaryl/α,β-unsaturated/α-hetero) is 1. The number of ketones is 1. The summed E-state index contributed by atoms with van der Waals surface area (Å²) in [5, 5.41) is 1.29. The number of benzene rings is 2. The maximum Gasteiger partial charge on any atom is 0.223 e. The topological polar surface area (TPSA) is 53.2 Å². The van der Waals surface area contributed by atoms with Gasteiger partial charge in [-0.05, 0) is 66.8 Å². The second kappa shape index (κ2) is 8.10. The number of aryl methyl sites for hydroxylation is 2. The van der Waals surface area contributed by atoms with Crippen molar-refractivity contribution in [1.29, 1.82) is 0 Å². The fraction of sp³-hybridized carbons (Fsp3) is 0.385. The molecular weight excluding hydrogens is 372 g/mol. The average Bonchev–Trinajstić information content (AvgIpc) is 3.43. The number of nitrogens with one attached hydrogen (secondary N) is 1. The molecule has 1 aromatic heterocycles. The summed E-state index contributed by atoms with van der Waals surface area (Å²) in [6, 6.07) is 14.5. The smallest absolute Gasteiger partial charge is 0.223 e. The minimum absolute atomic E-state index is 0.0896. The van der Waals surface area contributed by atoms with Crippen LogP contribution in [0.25, 0.3) is 10.9 Å². The van der Waals surface area contributed by atoms with Crippen LogP contribution in [0.15, 0.2) is 48.7 Å². The highest BCUT2D eigenvalue weighted by Gasteiger charge is 2.25. The van der Waals surface area contributed by atoms with Gasteiger partial charge in [0.05, 0.1) is 0 Å². The number of nitrogens with zero attached hydrogens (tertiary/aromatic N) is 1. The van der Waals surface area contributed by atoms with E-state index in [2.05, 4.69) is 35.4 Å². The second-order valence-electron chi connectivity index (χ2n) is 8.70. The minimum Gasteiger partial charge on any atom is -0.361 e. The number of para-hydroxylation sites is 1. The Bertz CT molecular complexity index is 1090. The second-order valence-corrected chi connectivity index (χ2v) is 8.70. The Balaban J connectivity index is 1.15. The molecule has 0 atom stereocenters. The van der Waals surface area contributed by atoms with Crippen molar-refractivity contribution in [2.24, 2.45) is 0 Å². The fourth-order valence-corrected chi connectivity index (χ4v) is 5.14. The number of rotatable bonds is 5. The minimum atomic E-state index is 0.0896. The zero-order chi connectivity index (χ0) is 20.5. The van der Waals surface area contributed by atoms with E-state index in [9.17, 15) is 9.59 Å². The van der Waals surface area contributed by atoms with E-state index in [1.54, 1.807) is 0 Å². The van der Waals surface area contributed by atoms with Crippen molar-refractivity contribution in [2.75, 3.05) is 13.1 Å². The van der Waals surface area contributed by atoms with Crippen LogP contribution >= 0.6 is 0 Å². The molecule has 2 aliphatic rings. The van der Waals surface area contributed by atoms with Crippen LogP contribution in [0, 0.1) is 0 Å². The molecule has 1 aliphatic carbocycles. The summed E-state index contributed by atoms with van der Waals surface area (Å²) in [6.07, 6.45) is 8.08. The first-order chi connectivity index (χ1) is 14.7. The summed E-state index contributed by atoms with van der Waals surface area (Å²) >= 11 is 0. The monoisotopic (exact) mass is 400 g/mol. The van der Waals surface area contributed by atoms with Crippen LogP contribution in [-0.2, 0) is 17.6 Å². The third kappa shape index (κ3) is 3.67. The van der Waals surface area contributed by atoms with E-state index < -0.39 is 0 Å². The van der Waals surface area contributed by atoms with E-state index in [0.29, 0.717) is 18.8 Å². The van der Waals surface area contributed by atoms with Crippen molar-refractivity contribution >= 4 is 22.6 Å². The van der Waals surface area contributed by atoms with E-state index in [-0.39, 0.29) is 11.7 Å². The molecule has 3 aromatic rings. The Hall–Kier alpha value is -2.88. The van der Waals surface area contributed by atoms with E-state index in [1.807, 2.05) is 23.1 Å². The lowest BCUT2D eigenvalue weighted by molar-refractivity contribution is -0.132. The van der Waals surface area contributed by atoms with Crippen molar-refractivity contribution in [2.45, 2.75) is 50.9 Å². The SMILES string of the molecule is O=C(CCC(=O)N1CCC(c2c[nH]c3ccccc23)CC1)c1ccc2c(c1)CCC2. The molecular formula is C26H28N2O2. The number of amides is 1. The summed E-state index contributed by atoms with van der Waals surface area (Å²) in [4.78, 5) is 30.6. The molecule has 30 heavy (non-hydrogen) atoms. The number of aromatic nitrogens is 1. The molecule has 0 saturated carbocycles. The first-order valence-electron chi connectivity index (χ1n) is 11.2. The van der Waals surface area contributed by atoms with Gasteiger partial charge >= 0.3 is 0 Å². The molecule has 154 valence electrons. The zero-order valence-corrected chi connectivity index (χ0v) is 17.3. The molecule has 1 N–H and O–H groups in total. The number of hydrogen-bond acceptors (Lipinski definition) is 2. The molecule has 1 saturated heterocycles. The molecule has 2 heterocycles. The van der Waals surface area contributed by atoms with Crippen LogP contribution in [0.4, 0.5) is 0 Å². The lowest BCUT2D eigenvalue weighted by Gasteiger charge is -2.32. The van der Waals surface area contributed by atoms with Gasteiger partial charge in [-0.1, -0.05) is 30.3 Å². The zero-order valence-electron chi connectivity index (χ0n) is 17.3. The molecule has 5 rings (SSSR count). The van der Waals surface area contributed by atoms with Crippen molar-refractivity contribution in [3.63, 3.8) is 0 Å². The fourth-order valence-electron chi connectivity index (χ4n) is 5.14. The summed E-state index contributed by atoms with van der Waals surface area (Å²) in [6.45, 7) is 1.55. The maximum atomic E-state index is 12.7. The maximum absolute atomic E-state index is 12.7. The number of fused-ring (bicyclic) bond motifs is 2. The highest BCUT2D eigenvalue weighted by atomic mass is 16.2. The van der Waals surface area contributed by atoms with Crippen molar-refractivity contribution in [1.82, 2.24) is 9.88 Å². The average molecular weight is 401 g/mol. The summed E-state index contributed by atoms with van der Waals surface area (Å²) in [7, 11) is 0. The van der Waals surface area contributed by atoms with Gasteiger partial charge in [-0.25, -0.2) is 0 Å². The van der Waals surface area contributed by atoms with Crippen molar-refractivity contribution in [3.8, 4) is 0 Å². The predicted molar refractivity (Wildman–Crippen MR) is 119 cm³/mol. The number of likely N-dealkylation sites (tertiary alicyclic amines) is 1. The van der Waals surface area contributed by atoms with E-state index >= 15 is 0 Å². The van der Waals surface area contributed by atoms with Gasteiger partial charge < -0.3 is 9.88 Å². The standard InChI is InChI=1S/C26H28N2O2/c29-25(21-9-8-18-4-3-5-20(18)16-21)10-11-26(30)28-14-12-19(13-15-28)23-17-27-24-7-2-1-6-22(23)24/h1-2,6-9,16-17,19,27H,3-5,10-15H2. The van der Waals surface area contributed by atoms with Gasteiger partial charge in [0, 0.05) is 48.6 Å². The van der Waals surface area contributed by atoms with E-state index in [4.69, 9.17) is 0 Å². The van der Waals surface area contributed by atoms with Gasteiger partial charge in [-0.15, -0.1) is 0 Å². The van der Waals surface area contributed by atoms with Crippen LogP contribution in [-0.4, -0.2) is 34.7 Å². The van der Waals surface area contributed by atoms with Gasteiger partial charge in [-0.3, -0.25) is 9.59 Å². The first-order valence-corrected chi connectivity index (χ1v) is 11.2. The van der Waals surface area contributed by atoms with Gasteiger partial charge in [-0.2, -0.15) is 0 Å². The molecule has 0 spiro atoms. The van der Waals surface area contributed by atoms with Crippen molar-refractivity contribution in [3.05, 3.63) is 70.9 Å². The molecule has 4 nitrogen and oxygen atoms in total. The number of piperidine rings is 1. The predicted octanol–water partition coefficient (Wildman–Crippen LogP) is 5.03. The highest BCUT2D eigenvalue weighted by molar-refractivity contribution is 5.98. The van der Waals surface area contributed by atoms with E-state index in [0.717, 1.165) is 44.3 Å².